The Bertz CT molecular complexity index is 527. The van der Waals surface area contributed by atoms with Crippen molar-refractivity contribution >= 4 is 11.9 Å². The molecule has 1 fully saturated rings. The average molecular weight is 291 g/mol. The normalized spacial score (nSPS) is 23.0. The Kier molecular flexibility index (Phi) is 4.80. The van der Waals surface area contributed by atoms with E-state index in [1.807, 2.05) is 31.2 Å². The van der Waals surface area contributed by atoms with E-state index in [0.717, 1.165) is 11.3 Å². The van der Waals surface area contributed by atoms with Crippen LogP contribution in [0.2, 0.25) is 0 Å². The van der Waals surface area contributed by atoms with Crippen LogP contribution in [0.5, 0.6) is 5.75 Å². The maximum Gasteiger partial charge on any atom is 0.257 e. The van der Waals surface area contributed by atoms with Gasteiger partial charge in [-0.15, -0.1) is 0 Å². The van der Waals surface area contributed by atoms with Gasteiger partial charge in [0.2, 0.25) is 0 Å². The second kappa shape index (κ2) is 6.58. The summed E-state index contributed by atoms with van der Waals surface area (Å²) in [7, 11) is 3.24. The number of guanidine groups is 1. The molecule has 1 atom stereocenters. The first kappa shape index (κ1) is 15.3. The Labute approximate surface area is 124 Å². The highest BCUT2D eigenvalue weighted by Crippen LogP contribution is 2.29. The van der Waals surface area contributed by atoms with Gasteiger partial charge in [-0.3, -0.25) is 15.1 Å². The first-order chi connectivity index (χ1) is 10.2. The fourth-order valence-corrected chi connectivity index (χ4v) is 2.36. The van der Waals surface area contributed by atoms with Gasteiger partial charge in [0.05, 0.1) is 20.3 Å². The van der Waals surface area contributed by atoms with Crippen LogP contribution in [0.15, 0.2) is 29.3 Å². The number of aliphatic imine (C=N–C) groups is 1. The number of carbonyl (C=O) groups excluding carboxylic acids is 1. The number of hydrogen-bond donors (Lipinski definition) is 2. The predicted molar refractivity (Wildman–Crippen MR) is 80.4 cm³/mol. The zero-order valence-corrected chi connectivity index (χ0v) is 12.6. The van der Waals surface area contributed by atoms with Gasteiger partial charge in [-0.25, -0.2) is 0 Å². The quantitative estimate of drug-likeness (QED) is 0.768. The molecule has 0 saturated carbocycles. The van der Waals surface area contributed by atoms with Crippen molar-refractivity contribution in [2.75, 3.05) is 27.4 Å². The lowest BCUT2D eigenvalue weighted by Gasteiger charge is -2.25. The summed E-state index contributed by atoms with van der Waals surface area (Å²) in [6.07, 6.45) is 0.620. The van der Waals surface area contributed by atoms with E-state index in [1.54, 1.807) is 14.2 Å². The molecule has 0 aromatic heterocycles. The lowest BCUT2D eigenvalue weighted by molar-refractivity contribution is -0.124. The number of nitrogens with zero attached hydrogens (tertiary/aromatic N) is 1. The Balaban J connectivity index is 2.24. The molecule has 1 saturated heterocycles. The number of rotatable bonds is 6. The van der Waals surface area contributed by atoms with Crippen molar-refractivity contribution in [2.45, 2.75) is 18.9 Å². The minimum absolute atomic E-state index is 0.0914. The van der Waals surface area contributed by atoms with Gasteiger partial charge in [-0.2, -0.15) is 0 Å². The maximum atomic E-state index is 12.4. The Morgan fingerprint density at radius 2 is 1.95 bits per heavy atom. The van der Waals surface area contributed by atoms with Crippen LogP contribution < -0.4 is 15.4 Å². The van der Waals surface area contributed by atoms with Crippen LogP contribution >= 0.6 is 0 Å². The van der Waals surface area contributed by atoms with E-state index in [1.165, 1.54) is 0 Å². The molecule has 1 heterocycles. The summed E-state index contributed by atoms with van der Waals surface area (Å²) in [5.74, 6) is 1.17. The third-order valence-corrected chi connectivity index (χ3v) is 3.63. The minimum Gasteiger partial charge on any atom is -0.497 e. The number of hydrogen-bond acceptors (Lipinski definition) is 4. The van der Waals surface area contributed by atoms with Crippen LogP contribution in [-0.4, -0.2) is 39.2 Å². The van der Waals surface area contributed by atoms with Crippen LogP contribution in [0.25, 0.3) is 0 Å². The zero-order chi connectivity index (χ0) is 15.3. The number of methoxy groups -OCH3 is 2. The van der Waals surface area contributed by atoms with E-state index >= 15 is 0 Å². The van der Waals surface area contributed by atoms with Gasteiger partial charge in [0, 0.05) is 7.11 Å². The second-order valence-corrected chi connectivity index (χ2v) is 4.79. The fourth-order valence-electron chi connectivity index (χ4n) is 2.36. The van der Waals surface area contributed by atoms with Crippen molar-refractivity contribution in [3.05, 3.63) is 29.8 Å². The molecular weight excluding hydrogens is 270 g/mol. The molecule has 2 N–H and O–H groups in total. The van der Waals surface area contributed by atoms with Gasteiger partial charge < -0.3 is 14.8 Å². The number of amides is 1. The Hall–Kier alpha value is -2.08. The van der Waals surface area contributed by atoms with Gasteiger partial charge in [0.15, 0.2) is 5.96 Å². The largest absolute Gasteiger partial charge is 0.497 e. The van der Waals surface area contributed by atoms with Crippen molar-refractivity contribution in [3.63, 3.8) is 0 Å². The van der Waals surface area contributed by atoms with Crippen LogP contribution in [0.4, 0.5) is 0 Å². The average Bonchev–Trinajstić information content (AvgIpc) is 2.85. The number of carbonyl (C=O) groups is 1. The smallest absolute Gasteiger partial charge is 0.257 e. The van der Waals surface area contributed by atoms with Crippen molar-refractivity contribution in [2.24, 2.45) is 4.99 Å². The Morgan fingerprint density at radius 3 is 2.52 bits per heavy atom. The molecule has 0 spiro atoms. The molecule has 0 radical (unpaired) electrons. The molecule has 0 bridgehead atoms. The highest BCUT2D eigenvalue weighted by atomic mass is 16.5. The van der Waals surface area contributed by atoms with Gasteiger partial charge in [-0.1, -0.05) is 19.1 Å². The highest BCUT2D eigenvalue weighted by molar-refractivity contribution is 6.09. The molecule has 1 amide bonds. The van der Waals surface area contributed by atoms with Crippen LogP contribution in [0.3, 0.4) is 0 Å². The second-order valence-electron chi connectivity index (χ2n) is 4.79. The topological polar surface area (TPSA) is 71.9 Å². The number of nitrogens with one attached hydrogen (secondary N) is 2. The molecule has 114 valence electrons. The van der Waals surface area contributed by atoms with Crippen molar-refractivity contribution in [1.82, 2.24) is 10.6 Å². The lowest BCUT2D eigenvalue weighted by Crippen LogP contribution is -2.43. The summed E-state index contributed by atoms with van der Waals surface area (Å²) >= 11 is 0. The third-order valence-electron chi connectivity index (χ3n) is 3.63. The number of ether oxygens (including phenoxy) is 2. The van der Waals surface area contributed by atoms with E-state index in [0.29, 0.717) is 25.5 Å². The third kappa shape index (κ3) is 3.00. The van der Waals surface area contributed by atoms with E-state index in [4.69, 9.17) is 9.47 Å². The molecule has 1 aliphatic heterocycles. The van der Waals surface area contributed by atoms with Gasteiger partial charge in [0.1, 0.15) is 11.3 Å². The van der Waals surface area contributed by atoms with Crippen molar-refractivity contribution in [3.8, 4) is 5.75 Å². The molecule has 21 heavy (non-hydrogen) atoms. The van der Waals surface area contributed by atoms with Gasteiger partial charge in [0.25, 0.3) is 5.91 Å². The van der Waals surface area contributed by atoms with E-state index in [9.17, 15) is 4.79 Å². The molecular formula is C15H21N3O3. The summed E-state index contributed by atoms with van der Waals surface area (Å²) < 4.78 is 10.1. The maximum absolute atomic E-state index is 12.4. The van der Waals surface area contributed by atoms with E-state index in [2.05, 4.69) is 15.6 Å². The van der Waals surface area contributed by atoms with Crippen LogP contribution in [-0.2, 0) is 15.1 Å². The first-order valence-corrected chi connectivity index (χ1v) is 6.94. The van der Waals surface area contributed by atoms with E-state index in [-0.39, 0.29) is 5.91 Å². The first-order valence-electron chi connectivity index (χ1n) is 6.94. The van der Waals surface area contributed by atoms with Crippen LogP contribution in [0.1, 0.15) is 18.9 Å². The van der Waals surface area contributed by atoms with Crippen molar-refractivity contribution < 1.29 is 14.3 Å². The summed E-state index contributed by atoms with van der Waals surface area (Å²) in [5, 5.41) is 6.00. The molecule has 2 rings (SSSR count). The molecule has 1 unspecified atom stereocenters. The fraction of sp³-hybridized carbons (Fsp3) is 0.467. The Morgan fingerprint density at radius 1 is 1.24 bits per heavy atom. The standard InChI is InChI=1S/C15H21N3O3/c1-4-15(11-5-7-12(21-3)8-6-11)13(19)17-14(18-15)16-9-10-20-2/h5-8H,4,9-10H2,1-3H3,(H2,16,17,18,19). The van der Waals surface area contributed by atoms with Crippen molar-refractivity contribution in [1.29, 1.82) is 0 Å². The minimum atomic E-state index is -0.780. The summed E-state index contributed by atoms with van der Waals surface area (Å²) in [4.78, 5) is 16.7. The van der Waals surface area contributed by atoms with Gasteiger partial charge in [-0.05, 0) is 24.1 Å². The summed E-state index contributed by atoms with van der Waals surface area (Å²) in [6, 6.07) is 7.49. The summed E-state index contributed by atoms with van der Waals surface area (Å²) in [6.45, 7) is 2.99. The molecule has 6 nitrogen and oxygen atoms in total. The molecule has 0 aliphatic carbocycles. The molecule has 6 heteroatoms. The number of benzene rings is 1. The molecule has 1 aromatic rings. The van der Waals surface area contributed by atoms with Gasteiger partial charge >= 0.3 is 0 Å². The highest BCUT2D eigenvalue weighted by Gasteiger charge is 2.45. The lowest BCUT2D eigenvalue weighted by atomic mass is 9.87. The SMILES string of the molecule is CCC1(c2ccc(OC)cc2)NC(=NCCOC)NC1=O. The van der Waals surface area contributed by atoms with E-state index < -0.39 is 5.54 Å². The monoisotopic (exact) mass is 291 g/mol. The molecule has 1 aromatic carbocycles. The zero-order valence-electron chi connectivity index (χ0n) is 12.6. The molecule has 1 aliphatic rings. The van der Waals surface area contributed by atoms with Crippen LogP contribution in [0, 0.1) is 0 Å². The summed E-state index contributed by atoms with van der Waals surface area (Å²) in [5.41, 5.74) is 0.110. The predicted octanol–water partition coefficient (Wildman–Crippen LogP) is 1.02.